The summed E-state index contributed by atoms with van der Waals surface area (Å²) in [7, 11) is 0. The van der Waals surface area contributed by atoms with Crippen molar-refractivity contribution < 1.29 is 24.2 Å². The third kappa shape index (κ3) is 6.01. The molecule has 6 nitrogen and oxygen atoms in total. The van der Waals surface area contributed by atoms with Crippen LogP contribution >= 0.6 is 0 Å². The van der Waals surface area contributed by atoms with E-state index in [0.717, 1.165) is 53.7 Å². The molecule has 3 aromatic carbocycles. The summed E-state index contributed by atoms with van der Waals surface area (Å²) in [5.74, 6) is -1.40. The first-order valence-electron chi connectivity index (χ1n) is 14.0. The molecule has 0 aliphatic heterocycles. The Morgan fingerprint density at radius 1 is 0.923 bits per heavy atom. The molecule has 3 aromatic rings. The quantitative estimate of drug-likeness (QED) is 0.329. The molecule has 0 unspecified atom stereocenters. The zero-order valence-electron chi connectivity index (χ0n) is 22.7. The summed E-state index contributed by atoms with van der Waals surface area (Å²) < 4.78 is 12.3. The largest absolute Gasteiger partial charge is 0.494 e. The average Bonchev–Trinajstić information content (AvgIpc) is 3.36. The van der Waals surface area contributed by atoms with Crippen LogP contribution in [0.4, 0.5) is 5.69 Å². The van der Waals surface area contributed by atoms with Gasteiger partial charge in [-0.15, -0.1) is 0 Å². The van der Waals surface area contributed by atoms with Gasteiger partial charge in [0, 0.05) is 5.69 Å². The molecule has 1 amide bonds. The van der Waals surface area contributed by atoms with E-state index in [-0.39, 0.29) is 12.0 Å². The molecule has 204 valence electrons. The second-order valence-corrected chi connectivity index (χ2v) is 10.7. The first-order valence-corrected chi connectivity index (χ1v) is 14.0. The third-order valence-electron chi connectivity index (χ3n) is 8.15. The van der Waals surface area contributed by atoms with Crippen LogP contribution < -0.4 is 10.1 Å². The molecule has 6 heteroatoms. The molecular formula is C33H37NO5. The Bertz CT molecular complexity index is 1320. The van der Waals surface area contributed by atoms with E-state index in [4.69, 9.17) is 9.47 Å². The van der Waals surface area contributed by atoms with Gasteiger partial charge in [-0.2, -0.15) is 0 Å². The molecule has 0 spiro atoms. The number of carboxylic acid groups (broad SMARTS) is 1. The molecule has 0 radical (unpaired) electrons. The molecule has 5 rings (SSSR count). The Balaban J connectivity index is 1.41. The van der Waals surface area contributed by atoms with Gasteiger partial charge in [-0.25, -0.2) is 0 Å². The van der Waals surface area contributed by atoms with Crippen molar-refractivity contribution in [3.63, 3.8) is 0 Å². The molecule has 2 aliphatic carbocycles. The van der Waals surface area contributed by atoms with Crippen LogP contribution in [0.15, 0.2) is 60.7 Å². The van der Waals surface area contributed by atoms with E-state index in [1.54, 1.807) is 0 Å². The van der Waals surface area contributed by atoms with Crippen LogP contribution in [0.2, 0.25) is 0 Å². The number of ether oxygens (including phenoxy) is 2. The van der Waals surface area contributed by atoms with Crippen molar-refractivity contribution in [3.8, 4) is 16.9 Å². The molecule has 1 saturated carbocycles. The Hall–Kier alpha value is -3.64. The summed E-state index contributed by atoms with van der Waals surface area (Å²) in [6, 6.07) is 20.4. The van der Waals surface area contributed by atoms with Crippen molar-refractivity contribution in [2.24, 2.45) is 11.8 Å². The van der Waals surface area contributed by atoms with Crippen molar-refractivity contribution in [3.05, 3.63) is 82.9 Å². The first-order chi connectivity index (χ1) is 18.9. The summed E-state index contributed by atoms with van der Waals surface area (Å²) in [6.07, 6.45) is 4.75. The predicted molar refractivity (Wildman–Crippen MR) is 152 cm³/mol. The molecule has 0 aromatic heterocycles. The molecule has 39 heavy (non-hydrogen) atoms. The van der Waals surface area contributed by atoms with E-state index in [1.807, 2.05) is 37.3 Å². The van der Waals surface area contributed by atoms with Crippen LogP contribution in [0.25, 0.3) is 11.1 Å². The Labute approximate surface area is 230 Å². The number of aliphatic carboxylic acids is 1. The normalized spacial score (nSPS) is 18.9. The maximum atomic E-state index is 13.2. The standard InChI is InChI=1S/C33H37NO5/c1-3-38-31-14-8-13-27(21(31)2)28-16-15-25(34-32(35)29-11-6-7-12-30(29)33(36)37)17-24(28)20-39-26-18-22-9-4-5-10-23(22)19-26/h4-5,8-10,13-17,26,29-30H,3,6-7,11-12,18-20H2,1-2H3,(H,34,35)(H,36,37)/t29-,30+/m0/s1. The molecule has 2 atom stereocenters. The highest BCUT2D eigenvalue weighted by Gasteiger charge is 2.35. The van der Waals surface area contributed by atoms with Gasteiger partial charge in [0.25, 0.3) is 0 Å². The SMILES string of the molecule is CCOc1cccc(-c2ccc(NC(=O)[C@H]3CCCC[C@H]3C(=O)O)cc2COC2Cc3ccccc3C2)c1C. The lowest BCUT2D eigenvalue weighted by atomic mass is 9.78. The van der Waals surface area contributed by atoms with Crippen LogP contribution in [-0.4, -0.2) is 29.7 Å². The van der Waals surface area contributed by atoms with Crippen molar-refractivity contribution in [2.75, 3.05) is 11.9 Å². The van der Waals surface area contributed by atoms with Gasteiger partial charge in [0.2, 0.25) is 5.91 Å². The van der Waals surface area contributed by atoms with Crippen LogP contribution in [0, 0.1) is 18.8 Å². The lowest BCUT2D eigenvalue weighted by Crippen LogP contribution is -2.36. The number of benzene rings is 3. The van der Waals surface area contributed by atoms with Crippen LogP contribution in [0.5, 0.6) is 5.75 Å². The molecule has 0 saturated heterocycles. The minimum absolute atomic E-state index is 0.0999. The van der Waals surface area contributed by atoms with Crippen LogP contribution in [0.3, 0.4) is 0 Å². The van der Waals surface area contributed by atoms with Gasteiger partial charge in [0.05, 0.1) is 31.2 Å². The maximum Gasteiger partial charge on any atom is 0.307 e. The fourth-order valence-corrected chi connectivity index (χ4v) is 6.09. The smallest absolute Gasteiger partial charge is 0.307 e. The molecule has 0 heterocycles. The predicted octanol–water partition coefficient (Wildman–Crippen LogP) is 6.57. The number of carbonyl (C=O) groups excluding carboxylic acids is 1. The second-order valence-electron chi connectivity index (χ2n) is 10.7. The van der Waals surface area contributed by atoms with Crippen LogP contribution in [-0.2, 0) is 33.8 Å². The number of nitrogens with one attached hydrogen (secondary N) is 1. The summed E-state index contributed by atoms with van der Waals surface area (Å²) in [5, 5.41) is 12.7. The molecule has 0 bridgehead atoms. The Kier molecular flexibility index (Phi) is 8.32. The van der Waals surface area contributed by atoms with Crippen LogP contribution in [0.1, 0.15) is 54.9 Å². The number of anilines is 1. The lowest BCUT2D eigenvalue weighted by Gasteiger charge is -2.27. The number of amides is 1. The fraction of sp³-hybridized carbons (Fsp3) is 0.394. The van der Waals surface area contributed by atoms with E-state index in [2.05, 4.69) is 42.6 Å². The van der Waals surface area contributed by atoms with Gasteiger partial charge in [0.15, 0.2) is 0 Å². The lowest BCUT2D eigenvalue weighted by molar-refractivity contribution is -0.147. The zero-order valence-corrected chi connectivity index (χ0v) is 22.7. The van der Waals surface area contributed by atoms with Crippen molar-refractivity contribution in [2.45, 2.75) is 65.1 Å². The second kappa shape index (κ2) is 12.0. The highest BCUT2D eigenvalue weighted by atomic mass is 16.5. The topological polar surface area (TPSA) is 84.9 Å². The van der Waals surface area contributed by atoms with Gasteiger partial charge in [-0.05, 0) is 91.1 Å². The number of rotatable bonds is 9. The van der Waals surface area contributed by atoms with E-state index in [9.17, 15) is 14.7 Å². The van der Waals surface area contributed by atoms with Crippen molar-refractivity contribution in [1.29, 1.82) is 0 Å². The number of carboxylic acids is 1. The van der Waals surface area contributed by atoms with Gasteiger partial charge in [0.1, 0.15) is 5.75 Å². The van der Waals surface area contributed by atoms with Gasteiger partial charge in [-0.3, -0.25) is 9.59 Å². The van der Waals surface area contributed by atoms with E-state index >= 15 is 0 Å². The molecule has 2 aliphatic rings. The zero-order chi connectivity index (χ0) is 27.4. The van der Waals surface area contributed by atoms with Crippen molar-refractivity contribution in [1.82, 2.24) is 0 Å². The Morgan fingerprint density at radius 2 is 1.64 bits per heavy atom. The average molecular weight is 528 g/mol. The monoisotopic (exact) mass is 527 g/mol. The van der Waals surface area contributed by atoms with Gasteiger partial charge >= 0.3 is 5.97 Å². The minimum Gasteiger partial charge on any atom is -0.494 e. The maximum absolute atomic E-state index is 13.2. The van der Waals surface area contributed by atoms with Crippen molar-refractivity contribution >= 4 is 17.6 Å². The molecular weight excluding hydrogens is 490 g/mol. The van der Waals surface area contributed by atoms with Gasteiger partial charge < -0.3 is 19.9 Å². The molecule has 1 fully saturated rings. The minimum atomic E-state index is -0.887. The van der Waals surface area contributed by atoms with E-state index in [0.29, 0.717) is 31.7 Å². The number of fused-ring (bicyclic) bond motifs is 1. The third-order valence-corrected chi connectivity index (χ3v) is 8.15. The summed E-state index contributed by atoms with van der Waals surface area (Å²) >= 11 is 0. The Morgan fingerprint density at radius 3 is 2.33 bits per heavy atom. The number of carbonyl (C=O) groups is 2. The fourth-order valence-electron chi connectivity index (χ4n) is 6.09. The summed E-state index contributed by atoms with van der Waals surface area (Å²) in [6.45, 7) is 5.02. The van der Waals surface area contributed by atoms with Gasteiger partial charge in [-0.1, -0.05) is 55.3 Å². The first kappa shape index (κ1) is 26.9. The van der Waals surface area contributed by atoms with E-state index < -0.39 is 17.8 Å². The highest BCUT2D eigenvalue weighted by Crippen LogP contribution is 2.36. The number of hydrogen-bond donors (Lipinski definition) is 2. The highest BCUT2D eigenvalue weighted by molar-refractivity contribution is 5.95. The van der Waals surface area contributed by atoms with E-state index in [1.165, 1.54) is 11.1 Å². The summed E-state index contributed by atoms with van der Waals surface area (Å²) in [4.78, 5) is 25.0. The molecule has 2 N–H and O–H groups in total. The summed E-state index contributed by atoms with van der Waals surface area (Å²) in [5.41, 5.74) is 7.45. The number of hydrogen-bond acceptors (Lipinski definition) is 4.